The second kappa shape index (κ2) is 7.92. The van der Waals surface area contributed by atoms with Gasteiger partial charge in [0.05, 0.1) is 12.6 Å². The molecule has 0 aromatic heterocycles. The number of hydrogen-bond donors (Lipinski definition) is 3. The third kappa shape index (κ3) is 4.55. The Morgan fingerprint density at radius 1 is 1.12 bits per heavy atom. The Bertz CT molecular complexity index is 607. The summed E-state index contributed by atoms with van der Waals surface area (Å²) in [7, 11) is 1.25. The second-order valence-corrected chi connectivity index (χ2v) is 6.01. The number of ether oxygens (including phenoxy) is 1. The largest absolute Gasteiger partial charge is 0.468 e. The van der Waals surface area contributed by atoms with Gasteiger partial charge in [0, 0.05) is 11.3 Å². The van der Waals surface area contributed by atoms with Gasteiger partial charge >= 0.3 is 5.97 Å². The van der Waals surface area contributed by atoms with Crippen molar-refractivity contribution in [3.05, 3.63) is 29.8 Å². The molecule has 0 aliphatic heterocycles. The van der Waals surface area contributed by atoms with Gasteiger partial charge in [-0.25, -0.2) is 0 Å². The molecule has 0 spiro atoms. The number of nitrogens with one attached hydrogen (secondary N) is 2. The molecule has 2 rings (SSSR count). The number of carbonyl (C=O) groups excluding carboxylic acids is 3. The van der Waals surface area contributed by atoms with Crippen LogP contribution in [-0.2, 0) is 14.3 Å². The van der Waals surface area contributed by atoms with Gasteiger partial charge in [-0.2, -0.15) is 0 Å². The van der Waals surface area contributed by atoms with Crippen molar-refractivity contribution < 1.29 is 19.1 Å². The van der Waals surface area contributed by atoms with E-state index < -0.39 is 11.5 Å². The van der Waals surface area contributed by atoms with E-state index in [0.717, 1.165) is 19.3 Å². The molecular weight excluding hydrogens is 310 g/mol. The average molecular weight is 333 g/mol. The van der Waals surface area contributed by atoms with Crippen LogP contribution in [0.1, 0.15) is 42.5 Å². The van der Waals surface area contributed by atoms with Crippen molar-refractivity contribution in [2.75, 3.05) is 19.0 Å². The normalized spacial score (nSPS) is 16.1. The van der Waals surface area contributed by atoms with E-state index in [1.54, 1.807) is 24.3 Å². The van der Waals surface area contributed by atoms with Crippen LogP contribution in [0.15, 0.2) is 24.3 Å². The monoisotopic (exact) mass is 333 g/mol. The maximum absolute atomic E-state index is 12.4. The number of benzene rings is 1. The molecule has 1 aliphatic carbocycles. The Morgan fingerprint density at radius 2 is 1.75 bits per heavy atom. The van der Waals surface area contributed by atoms with Crippen molar-refractivity contribution in [1.82, 2.24) is 5.32 Å². The summed E-state index contributed by atoms with van der Waals surface area (Å²) >= 11 is 0. The van der Waals surface area contributed by atoms with Crippen molar-refractivity contribution in [1.29, 1.82) is 0 Å². The second-order valence-electron chi connectivity index (χ2n) is 6.01. The summed E-state index contributed by atoms with van der Waals surface area (Å²) in [6.45, 7) is -0.191. The minimum absolute atomic E-state index is 0.190. The molecule has 1 aliphatic rings. The minimum Gasteiger partial charge on any atom is -0.468 e. The first-order valence-electron chi connectivity index (χ1n) is 8.00. The van der Waals surface area contributed by atoms with Gasteiger partial charge in [0.1, 0.15) is 6.54 Å². The van der Waals surface area contributed by atoms with E-state index in [1.807, 2.05) is 0 Å². The van der Waals surface area contributed by atoms with Crippen LogP contribution >= 0.6 is 0 Å². The third-order valence-electron chi connectivity index (χ3n) is 4.22. The fraction of sp³-hybridized carbons (Fsp3) is 0.471. The van der Waals surface area contributed by atoms with Crippen LogP contribution in [0.4, 0.5) is 5.69 Å². The van der Waals surface area contributed by atoms with Crippen LogP contribution in [0, 0.1) is 0 Å². The smallest absolute Gasteiger partial charge is 0.325 e. The van der Waals surface area contributed by atoms with Crippen LogP contribution in [-0.4, -0.2) is 37.0 Å². The van der Waals surface area contributed by atoms with E-state index in [0.29, 0.717) is 24.1 Å². The molecule has 7 nitrogen and oxygen atoms in total. The maximum Gasteiger partial charge on any atom is 0.325 e. The fourth-order valence-corrected chi connectivity index (χ4v) is 2.70. The molecule has 24 heavy (non-hydrogen) atoms. The van der Waals surface area contributed by atoms with Gasteiger partial charge in [-0.15, -0.1) is 0 Å². The Labute approximate surface area is 140 Å². The molecule has 1 aromatic carbocycles. The van der Waals surface area contributed by atoms with Crippen LogP contribution in [0.25, 0.3) is 0 Å². The summed E-state index contributed by atoms with van der Waals surface area (Å²) in [5, 5.41) is 5.25. The molecule has 2 amide bonds. The highest BCUT2D eigenvalue weighted by Gasteiger charge is 2.35. The van der Waals surface area contributed by atoms with E-state index in [-0.39, 0.29) is 18.4 Å². The highest BCUT2D eigenvalue weighted by molar-refractivity contribution is 5.99. The molecule has 0 heterocycles. The molecule has 7 heteroatoms. The zero-order valence-electron chi connectivity index (χ0n) is 13.8. The van der Waals surface area contributed by atoms with Crippen LogP contribution < -0.4 is 16.4 Å². The summed E-state index contributed by atoms with van der Waals surface area (Å²) in [4.78, 5) is 35.2. The van der Waals surface area contributed by atoms with Gasteiger partial charge in [-0.1, -0.05) is 19.3 Å². The Morgan fingerprint density at radius 3 is 2.33 bits per heavy atom. The quantitative estimate of drug-likeness (QED) is 0.701. The zero-order chi connectivity index (χ0) is 17.6. The van der Waals surface area contributed by atoms with Gasteiger partial charge < -0.3 is 21.1 Å². The lowest BCUT2D eigenvalue weighted by Gasteiger charge is -2.31. The number of nitrogens with two attached hydrogens (primary N) is 1. The molecule has 0 bridgehead atoms. The molecule has 1 fully saturated rings. The highest BCUT2D eigenvalue weighted by atomic mass is 16.5. The SMILES string of the molecule is COC(=O)CNC(=O)c1ccc(NC(=O)C2(N)CCCCC2)cc1. The topological polar surface area (TPSA) is 111 Å². The standard InChI is InChI=1S/C17H23N3O4/c1-24-14(21)11-19-15(22)12-5-7-13(8-6-12)20-16(23)17(18)9-3-2-4-10-17/h5-8H,2-4,9-11,18H2,1H3,(H,19,22)(H,20,23). The van der Waals surface area contributed by atoms with E-state index in [1.165, 1.54) is 7.11 Å². The summed E-state index contributed by atoms with van der Waals surface area (Å²) in [6.07, 6.45) is 4.41. The zero-order valence-corrected chi connectivity index (χ0v) is 13.8. The lowest BCUT2D eigenvalue weighted by molar-refractivity contribution is -0.139. The minimum atomic E-state index is -0.811. The van der Waals surface area contributed by atoms with Crippen LogP contribution in [0.5, 0.6) is 0 Å². The number of hydrogen-bond acceptors (Lipinski definition) is 5. The molecule has 0 atom stereocenters. The lowest BCUT2D eigenvalue weighted by atomic mass is 9.82. The van der Waals surface area contributed by atoms with E-state index >= 15 is 0 Å². The Balaban J connectivity index is 1.93. The molecule has 1 aromatic rings. The summed E-state index contributed by atoms with van der Waals surface area (Å²) in [5.41, 5.74) is 6.35. The highest BCUT2D eigenvalue weighted by Crippen LogP contribution is 2.27. The van der Waals surface area contributed by atoms with Crippen molar-refractivity contribution >= 4 is 23.5 Å². The predicted octanol–water partition coefficient (Wildman–Crippen LogP) is 1.19. The first kappa shape index (κ1) is 17.9. The van der Waals surface area contributed by atoms with Gasteiger partial charge in [-0.3, -0.25) is 14.4 Å². The van der Waals surface area contributed by atoms with Crippen molar-refractivity contribution in [3.8, 4) is 0 Å². The first-order valence-corrected chi connectivity index (χ1v) is 8.00. The Hall–Kier alpha value is -2.41. The summed E-state index contributed by atoms with van der Waals surface area (Å²) in [6, 6.07) is 6.42. The first-order chi connectivity index (χ1) is 11.4. The molecule has 0 saturated heterocycles. The number of methoxy groups -OCH3 is 1. The average Bonchev–Trinajstić information content (AvgIpc) is 2.60. The van der Waals surface area contributed by atoms with Gasteiger partial charge in [-0.05, 0) is 37.1 Å². The van der Waals surface area contributed by atoms with Gasteiger partial charge in [0.2, 0.25) is 5.91 Å². The van der Waals surface area contributed by atoms with Crippen molar-refractivity contribution in [2.45, 2.75) is 37.6 Å². The molecular formula is C17H23N3O4. The van der Waals surface area contributed by atoms with Gasteiger partial charge in [0.25, 0.3) is 5.91 Å². The number of esters is 1. The predicted molar refractivity (Wildman–Crippen MR) is 89.4 cm³/mol. The van der Waals surface area contributed by atoms with Gasteiger partial charge in [0.15, 0.2) is 0 Å². The molecule has 4 N–H and O–H groups in total. The van der Waals surface area contributed by atoms with Crippen molar-refractivity contribution in [3.63, 3.8) is 0 Å². The third-order valence-corrected chi connectivity index (χ3v) is 4.22. The summed E-state index contributed by atoms with van der Waals surface area (Å²) < 4.78 is 4.45. The van der Waals surface area contributed by atoms with E-state index in [2.05, 4.69) is 15.4 Å². The number of amides is 2. The number of rotatable bonds is 5. The molecule has 0 radical (unpaired) electrons. The fourth-order valence-electron chi connectivity index (χ4n) is 2.70. The number of carbonyl (C=O) groups is 3. The van der Waals surface area contributed by atoms with E-state index in [9.17, 15) is 14.4 Å². The number of anilines is 1. The Kier molecular flexibility index (Phi) is 5.92. The van der Waals surface area contributed by atoms with Crippen molar-refractivity contribution in [2.24, 2.45) is 5.73 Å². The summed E-state index contributed by atoms with van der Waals surface area (Å²) in [5.74, 6) is -1.10. The molecule has 0 unspecified atom stereocenters. The van der Waals surface area contributed by atoms with E-state index in [4.69, 9.17) is 5.73 Å². The van der Waals surface area contributed by atoms with Crippen LogP contribution in [0.3, 0.4) is 0 Å². The molecule has 130 valence electrons. The van der Waals surface area contributed by atoms with Crippen LogP contribution in [0.2, 0.25) is 0 Å². The molecule has 1 saturated carbocycles. The lowest BCUT2D eigenvalue weighted by Crippen LogP contribution is -2.52. The maximum atomic E-state index is 12.4.